The van der Waals surface area contributed by atoms with Crippen molar-refractivity contribution in [2.24, 2.45) is 10.4 Å². The number of hydrogen-bond acceptors (Lipinski definition) is 8. The molecule has 1 aliphatic rings. The molecule has 42 heavy (non-hydrogen) atoms. The van der Waals surface area contributed by atoms with E-state index in [0.717, 1.165) is 12.1 Å². The molecule has 0 amide bonds. The van der Waals surface area contributed by atoms with Crippen molar-refractivity contribution < 1.29 is 36.9 Å². The number of pyridine rings is 1. The zero-order valence-corrected chi connectivity index (χ0v) is 22.4. The fraction of sp³-hybridized carbons (Fsp3) is 0.276. The summed E-state index contributed by atoms with van der Waals surface area (Å²) in [6.45, 7) is 1.90. The van der Waals surface area contributed by atoms with Crippen LogP contribution in [0.5, 0.6) is 17.2 Å². The Bertz CT molecular complexity index is 1680. The van der Waals surface area contributed by atoms with Crippen molar-refractivity contribution in [3.05, 3.63) is 66.0 Å². The number of nitrogens with one attached hydrogen (secondary N) is 2. The van der Waals surface area contributed by atoms with Crippen molar-refractivity contribution in [2.75, 3.05) is 25.1 Å². The van der Waals surface area contributed by atoms with Crippen LogP contribution in [-0.4, -0.2) is 53.4 Å². The number of H-pyrrole nitrogens is 1. The van der Waals surface area contributed by atoms with Crippen LogP contribution < -0.4 is 14.8 Å². The minimum atomic E-state index is -2.87. The maximum absolute atomic E-state index is 15.1. The summed E-state index contributed by atoms with van der Waals surface area (Å²) in [5, 5.41) is 21.9. The van der Waals surface area contributed by atoms with Crippen LogP contribution in [-0.2, 0) is 4.74 Å². The number of alkyl halides is 2. The van der Waals surface area contributed by atoms with Crippen LogP contribution in [0.25, 0.3) is 22.2 Å². The SMILES string of the molecule is CC(C)Oc1ccc(-c2c[nH]c3nccc(Oc4c(F)cc(NC5=NC[C@](CO)(C(F)F)CO5)cc4F)c23)cc1C#N. The van der Waals surface area contributed by atoms with Crippen LogP contribution in [0, 0.1) is 28.4 Å². The molecule has 3 heterocycles. The average Bonchev–Trinajstić information content (AvgIpc) is 3.40. The lowest BCUT2D eigenvalue weighted by Crippen LogP contribution is -2.46. The predicted molar refractivity (Wildman–Crippen MR) is 146 cm³/mol. The molecule has 2 aromatic carbocycles. The highest BCUT2D eigenvalue weighted by atomic mass is 19.3. The summed E-state index contributed by atoms with van der Waals surface area (Å²) < 4.78 is 73.4. The number of nitrogens with zero attached hydrogens (tertiary/aromatic N) is 3. The molecule has 0 aliphatic carbocycles. The van der Waals surface area contributed by atoms with Gasteiger partial charge in [0.05, 0.1) is 30.2 Å². The molecular weight excluding hydrogens is 558 g/mol. The molecule has 1 atom stereocenters. The first-order valence-corrected chi connectivity index (χ1v) is 12.8. The molecule has 4 aromatic rings. The van der Waals surface area contributed by atoms with Gasteiger partial charge in [-0.1, -0.05) is 6.07 Å². The van der Waals surface area contributed by atoms with Gasteiger partial charge in [0.15, 0.2) is 17.4 Å². The Kier molecular flexibility index (Phi) is 7.91. The molecule has 0 saturated heterocycles. The minimum absolute atomic E-state index is 0.0976. The highest BCUT2D eigenvalue weighted by Crippen LogP contribution is 2.40. The van der Waals surface area contributed by atoms with E-state index in [4.69, 9.17) is 14.2 Å². The van der Waals surface area contributed by atoms with Gasteiger partial charge >= 0.3 is 0 Å². The standard InChI is InChI=1S/C29H25F4N5O4/c1-15(2)41-22-4-3-16(7-17(22)10-34)19-11-36-26-24(19)23(5-6-35-26)42-25-20(30)8-18(9-21(25)31)38-28-37-12-29(13-39,14-40-28)27(32)33/h3-9,11,15,27,39H,12-14H2,1-2H3,(H,35,36)(H,37,38)/t29-/m1/s1. The van der Waals surface area contributed by atoms with Gasteiger partial charge in [0.1, 0.15) is 35.2 Å². The molecule has 3 N–H and O–H groups in total. The number of aliphatic hydroxyl groups excluding tert-OH is 1. The van der Waals surface area contributed by atoms with Gasteiger partial charge in [-0.05, 0) is 37.6 Å². The lowest BCUT2D eigenvalue weighted by atomic mass is 9.90. The zero-order chi connectivity index (χ0) is 30.0. The fourth-order valence-electron chi connectivity index (χ4n) is 4.35. The number of amidine groups is 1. The maximum atomic E-state index is 15.1. The Morgan fingerprint density at radius 3 is 2.55 bits per heavy atom. The van der Waals surface area contributed by atoms with Crippen LogP contribution in [0.3, 0.4) is 0 Å². The minimum Gasteiger partial charge on any atom is -0.490 e. The Balaban J connectivity index is 1.43. The molecule has 13 heteroatoms. The lowest BCUT2D eigenvalue weighted by Gasteiger charge is -2.32. The second-order valence-corrected chi connectivity index (χ2v) is 9.95. The number of aromatic amines is 1. The smallest absolute Gasteiger partial charge is 0.289 e. The molecule has 9 nitrogen and oxygen atoms in total. The van der Waals surface area contributed by atoms with Gasteiger partial charge < -0.3 is 29.6 Å². The lowest BCUT2D eigenvalue weighted by molar-refractivity contribution is -0.0707. The van der Waals surface area contributed by atoms with Gasteiger partial charge in [-0.15, -0.1) is 0 Å². The predicted octanol–water partition coefficient (Wildman–Crippen LogP) is 6.00. The average molecular weight is 584 g/mol. The number of aromatic nitrogens is 2. The molecule has 0 saturated carbocycles. The third-order valence-corrected chi connectivity index (χ3v) is 6.58. The monoisotopic (exact) mass is 583 g/mol. The normalized spacial score (nSPS) is 16.7. The Labute approximate surface area is 237 Å². The number of rotatable bonds is 8. The number of nitriles is 1. The molecular formula is C29H25F4N5O4. The van der Waals surface area contributed by atoms with Crippen LogP contribution in [0.2, 0.25) is 0 Å². The van der Waals surface area contributed by atoms with E-state index in [9.17, 15) is 19.1 Å². The first-order chi connectivity index (χ1) is 20.1. The summed E-state index contributed by atoms with van der Waals surface area (Å²) in [6, 6.07) is 10.3. The third kappa shape index (κ3) is 5.53. The van der Waals surface area contributed by atoms with Crippen LogP contribution >= 0.6 is 0 Å². The van der Waals surface area contributed by atoms with Crippen molar-refractivity contribution in [3.63, 3.8) is 0 Å². The van der Waals surface area contributed by atoms with Gasteiger partial charge in [0.2, 0.25) is 0 Å². The van der Waals surface area contributed by atoms with Crippen LogP contribution in [0.4, 0.5) is 23.2 Å². The van der Waals surface area contributed by atoms with Gasteiger partial charge in [-0.2, -0.15) is 5.26 Å². The highest BCUT2D eigenvalue weighted by Gasteiger charge is 2.43. The third-order valence-electron chi connectivity index (χ3n) is 6.58. The van der Waals surface area contributed by atoms with E-state index in [-0.39, 0.29) is 23.6 Å². The molecule has 2 aromatic heterocycles. The summed E-state index contributed by atoms with van der Waals surface area (Å²) in [4.78, 5) is 11.1. The quantitative estimate of drug-likeness (QED) is 0.217. The van der Waals surface area contributed by atoms with E-state index in [2.05, 4.69) is 26.3 Å². The van der Waals surface area contributed by atoms with Crippen LogP contribution in [0.15, 0.2) is 53.8 Å². The number of fused-ring (bicyclic) bond motifs is 1. The Morgan fingerprint density at radius 1 is 1.17 bits per heavy atom. The highest BCUT2D eigenvalue weighted by molar-refractivity contribution is 5.98. The number of aliphatic imine (C=N–C) groups is 1. The summed E-state index contributed by atoms with van der Waals surface area (Å²) >= 11 is 0. The number of halogens is 4. The van der Waals surface area contributed by atoms with E-state index in [1.54, 1.807) is 24.4 Å². The van der Waals surface area contributed by atoms with Crippen molar-refractivity contribution in [2.45, 2.75) is 26.4 Å². The van der Waals surface area contributed by atoms with Gasteiger partial charge in [-0.3, -0.25) is 0 Å². The molecule has 0 unspecified atom stereocenters. The molecule has 218 valence electrons. The van der Waals surface area contributed by atoms with Crippen molar-refractivity contribution in [1.29, 1.82) is 5.26 Å². The van der Waals surface area contributed by atoms with E-state index in [1.165, 1.54) is 12.3 Å². The van der Waals surface area contributed by atoms with E-state index in [1.807, 2.05) is 13.8 Å². The van der Waals surface area contributed by atoms with E-state index < -0.39 is 49.0 Å². The number of anilines is 1. The number of benzene rings is 2. The first-order valence-electron chi connectivity index (χ1n) is 12.8. The maximum Gasteiger partial charge on any atom is 0.289 e. The summed E-state index contributed by atoms with van der Waals surface area (Å²) in [6.07, 6.45) is 0.0552. The Hall–Kier alpha value is -4.83. The molecule has 5 rings (SSSR count). The second-order valence-electron chi connectivity index (χ2n) is 9.95. The molecule has 1 aliphatic heterocycles. The number of hydrogen-bond donors (Lipinski definition) is 3. The Morgan fingerprint density at radius 2 is 1.93 bits per heavy atom. The summed E-state index contributed by atoms with van der Waals surface area (Å²) in [5.41, 5.74) is -0.0400. The first kappa shape index (κ1) is 28.7. The van der Waals surface area contributed by atoms with E-state index in [0.29, 0.717) is 33.5 Å². The number of aliphatic hydroxyl groups is 1. The van der Waals surface area contributed by atoms with Crippen LogP contribution in [0.1, 0.15) is 19.4 Å². The number of ether oxygens (including phenoxy) is 3. The van der Waals surface area contributed by atoms with Gasteiger partial charge in [0.25, 0.3) is 12.4 Å². The van der Waals surface area contributed by atoms with E-state index >= 15 is 8.78 Å². The van der Waals surface area contributed by atoms with Crippen molar-refractivity contribution >= 4 is 22.7 Å². The molecule has 0 fully saturated rings. The zero-order valence-electron chi connectivity index (χ0n) is 22.4. The van der Waals surface area contributed by atoms with Crippen molar-refractivity contribution in [3.8, 4) is 34.4 Å². The summed E-state index contributed by atoms with van der Waals surface area (Å²) in [7, 11) is 0. The molecule has 0 bridgehead atoms. The summed E-state index contributed by atoms with van der Waals surface area (Å²) in [5.74, 6) is -2.29. The fourth-order valence-corrected chi connectivity index (χ4v) is 4.35. The molecule has 0 spiro atoms. The van der Waals surface area contributed by atoms with Gasteiger partial charge in [-0.25, -0.2) is 27.5 Å². The van der Waals surface area contributed by atoms with Crippen molar-refractivity contribution in [1.82, 2.24) is 9.97 Å². The largest absolute Gasteiger partial charge is 0.490 e. The second kappa shape index (κ2) is 11.6. The topological polar surface area (TPSA) is 125 Å². The molecule has 0 radical (unpaired) electrons. The van der Waals surface area contributed by atoms with Gasteiger partial charge in [0, 0.05) is 35.8 Å².